The van der Waals surface area contributed by atoms with Gasteiger partial charge in [0.25, 0.3) is 0 Å². The Morgan fingerprint density at radius 1 is 1.56 bits per heavy atom. The smallest absolute Gasteiger partial charge is 0.0815 e. The predicted octanol–water partition coefficient (Wildman–Crippen LogP) is 0.0361. The van der Waals surface area contributed by atoms with E-state index in [0.29, 0.717) is 12.3 Å². The third kappa shape index (κ3) is 1.41. The van der Waals surface area contributed by atoms with Gasteiger partial charge in [0.05, 0.1) is 12.2 Å². The Bertz CT molecular complexity index is 87.1. The van der Waals surface area contributed by atoms with Crippen molar-refractivity contribution in [1.82, 2.24) is 0 Å². The minimum absolute atomic E-state index is 0.0787. The topological polar surface area (TPSA) is 55.5 Å². The van der Waals surface area contributed by atoms with E-state index in [0.717, 1.165) is 6.42 Å². The van der Waals surface area contributed by atoms with E-state index >= 15 is 0 Å². The fraction of sp³-hybridized carbons (Fsp3) is 1.00. The summed E-state index contributed by atoms with van der Waals surface area (Å²) < 4.78 is 0. The molecule has 3 nitrogen and oxygen atoms in total. The molecule has 0 amide bonds. The summed E-state index contributed by atoms with van der Waals surface area (Å²) in [5.41, 5.74) is 0. The molecule has 0 radical (unpaired) electrons. The van der Waals surface area contributed by atoms with Gasteiger partial charge in [0.1, 0.15) is 0 Å². The Kier molecular flexibility index (Phi) is 2.05. The average Bonchev–Trinajstić information content (AvgIpc) is 2.13. The molecule has 1 saturated carbocycles. The first-order valence-electron chi connectivity index (χ1n) is 3.27. The van der Waals surface area contributed by atoms with Gasteiger partial charge in [-0.25, -0.2) is 5.90 Å². The molecular formula is C6H13NO2. The Morgan fingerprint density at radius 2 is 2.22 bits per heavy atom. The zero-order valence-electron chi connectivity index (χ0n) is 5.58. The van der Waals surface area contributed by atoms with Crippen LogP contribution in [0.5, 0.6) is 0 Å². The quantitative estimate of drug-likeness (QED) is 0.494. The van der Waals surface area contributed by atoms with Gasteiger partial charge in [0.15, 0.2) is 0 Å². The molecule has 54 valence electrons. The molecule has 0 saturated heterocycles. The Labute approximate surface area is 54.8 Å². The van der Waals surface area contributed by atoms with Gasteiger partial charge in [-0.1, -0.05) is 6.92 Å². The summed E-state index contributed by atoms with van der Waals surface area (Å²) in [7, 11) is 0. The lowest BCUT2D eigenvalue weighted by Gasteiger charge is -2.03. The van der Waals surface area contributed by atoms with Crippen molar-refractivity contribution in [3.05, 3.63) is 0 Å². The summed E-state index contributed by atoms with van der Waals surface area (Å²) in [6.45, 7) is 2.00. The van der Waals surface area contributed by atoms with E-state index in [-0.39, 0.29) is 12.2 Å². The minimum atomic E-state index is -0.210. The van der Waals surface area contributed by atoms with E-state index < -0.39 is 0 Å². The second-order valence-electron chi connectivity index (χ2n) is 2.77. The van der Waals surface area contributed by atoms with Gasteiger partial charge >= 0.3 is 0 Å². The van der Waals surface area contributed by atoms with Crippen molar-refractivity contribution in [1.29, 1.82) is 0 Å². The van der Waals surface area contributed by atoms with Crippen LogP contribution >= 0.6 is 0 Å². The standard InChI is InChI=1S/C6H13NO2/c1-4-2-5(9-7)3-6(4)8/h4-6,8H,2-3,7H2,1H3. The Morgan fingerprint density at radius 3 is 2.44 bits per heavy atom. The highest BCUT2D eigenvalue weighted by Crippen LogP contribution is 2.26. The lowest BCUT2D eigenvalue weighted by Crippen LogP contribution is -2.14. The molecule has 3 heteroatoms. The number of hydrogen-bond donors (Lipinski definition) is 2. The minimum Gasteiger partial charge on any atom is -0.393 e. The van der Waals surface area contributed by atoms with Crippen LogP contribution in [0.1, 0.15) is 19.8 Å². The van der Waals surface area contributed by atoms with Crippen LogP contribution in [0.3, 0.4) is 0 Å². The van der Waals surface area contributed by atoms with E-state index in [4.69, 9.17) is 11.0 Å². The normalized spacial score (nSPS) is 43.7. The molecule has 0 aromatic carbocycles. The molecule has 3 atom stereocenters. The Balaban J connectivity index is 2.35. The first-order valence-corrected chi connectivity index (χ1v) is 3.27. The van der Waals surface area contributed by atoms with Crippen LogP contribution in [0, 0.1) is 5.92 Å². The largest absolute Gasteiger partial charge is 0.393 e. The zero-order valence-corrected chi connectivity index (χ0v) is 5.58. The molecule has 0 bridgehead atoms. The van der Waals surface area contributed by atoms with Crippen molar-refractivity contribution in [2.24, 2.45) is 11.8 Å². The maximum absolute atomic E-state index is 9.16. The van der Waals surface area contributed by atoms with Gasteiger partial charge < -0.3 is 9.94 Å². The van der Waals surface area contributed by atoms with Crippen molar-refractivity contribution in [2.45, 2.75) is 32.0 Å². The molecule has 0 spiro atoms. The second-order valence-corrected chi connectivity index (χ2v) is 2.77. The monoisotopic (exact) mass is 131 g/mol. The molecule has 1 fully saturated rings. The van der Waals surface area contributed by atoms with Crippen molar-refractivity contribution in [3.63, 3.8) is 0 Å². The SMILES string of the molecule is CC1CC(ON)CC1O. The summed E-state index contributed by atoms with van der Waals surface area (Å²) in [5.74, 6) is 5.29. The fourth-order valence-corrected chi connectivity index (χ4v) is 1.28. The molecule has 0 aliphatic heterocycles. The van der Waals surface area contributed by atoms with Crippen LogP contribution in [-0.2, 0) is 4.84 Å². The molecule has 3 N–H and O–H groups in total. The molecule has 0 aromatic rings. The Hall–Kier alpha value is -0.120. The predicted molar refractivity (Wildman–Crippen MR) is 33.5 cm³/mol. The highest BCUT2D eigenvalue weighted by Gasteiger charge is 2.29. The number of rotatable bonds is 1. The fourth-order valence-electron chi connectivity index (χ4n) is 1.28. The van der Waals surface area contributed by atoms with Crippen molar-refractivity contribution in [3.8, 4) is 0 Å². The molecule has 9 heavy (non-hydrogen) atoms. The third-order valence-electron chi connectivity index (χ3n) is 1.99. The number of hydrogen-bond acceptors (Lipinski definition) is 3. The number of nitrogens with two attached hydrogens (primary N) is 1. The molecular weight excluding hydrogens is 118 g/mol. The summed E-state index contributed by atoms with van der Waals surface area (Å²) >= 11 is 0. The lowest BCUT2D eigenvalue weighted by atomic mass is 10.1. The van der Waals surface area contributed by atoms with Gasteiger partial charge in [-0.2, -0.15) is 0 Å². The summed E-state index contributed by atoms with van der Waals surface area (Å²) in [4.78, 5) is 4.59. The maximum atomic E-state index is 9.16. The third-order valence-corrected chi connectivity index (χ3v) is 1.99. The van der Waals surface area contributed by atoms with Gasteiger partial charge in [-0.05, 0) is 12.3 Å². The van der Waals surface area contributed by atoms with Crippen LogP contribution in [0.15, 0.2) is 0 Å². The highest BCUT2D eigenvalue weighted by atomic mass is 16.6. The molecule has 1 aliphatic rings. The highest BCUT2D eigenvalue weighted by molar-refractivity contribution is 4.80. The first-order chi connectivity index (χ1) is 4.24. The molecule has 1 aliphatic carbocycles. The van der Waals surface area contributed by atoms with Gasteiger partial charge in [0, 0.05) is 6.42 Å². The van der Waals surface area contributed by atoms with Gasteiger partial charge in [-0.3, -0.25) is 0 Å². The molecule has 1 rings (SSSR count). The maximum Gasteiger partial charge on any atom is 0.0815 e. The van der Waals surface area contributed by atoms with Crippen LogP contribution in [0.4, 0.5) is 0 Å². The van der Waals surface area contributed by atoms with Crippen LogP contribution < -0.4 is 5.90 Å². The van der Waals surface area contributed by atoms with Crippen LogP contribution in [0.2, 0.25) is 0 Å². The average molecular weight is 131 g/mol. The molecule has 0 heterocycles. The summed E-state index contributed by atoms with van der Waals surface area (Å²) in [6.07, 6.45) is 1.45. The second kappa shape index (κ2) is 2.64. The molecule has 3 unspecified atom stereocenters. The van der Waals surface area contributed by atoms with Gasteiger partial charge in [0.2, 0.25) is 0 Å². The van der Waals surface area contributed by atoms with Gasteiger partial charge in [-0.15, -0.1) is 0 Å². The lowest BCUT2D eigenvalue weighted by molar-refractivity contribution is 0.0473. The van der Waals surface area contributed by atoms with E-state index in [1.807, 2.05) is 6.92 Å². The van der Waals surface area contributed by atoms with E-state index in [1.54, 1.807) is 0 Å². The number of aliphatic hydroxyl groups is 1. The van der Waals surface area contributed by atoms with Crippen molar-refractivity contribution in [2.75, 3.05) is 0 Å². The number of aliphatic hydroxyl groups excluding tert-OH is 1. The van der Waals surface area contributed by atoms with E-state index in [2.05, 4.69) is 4.84 Å². The summed E-state index contributed by atoms with van der Waals surface area (Å²) in [5, 5.41) is 9.16. The first kappa shape index (κ1) is 6.99. The van der Waals surface area contributed by atoms with Crippen LogP contribution in [0.25, 0.3) is 0 Å². The van der Waals surface area contributed by atoms with E-state index in [1.165, 1.54) is 0 Å². The van der Waals surface area contributed by atoms with Crippen molar-refractivity contribution >= 4 is 0 Å². The molecule has 0 aromatic heterocycles. The summed E-state index contributed by atoms with van der Waals surface area (Å²) in [6, 6.07) is 0. The van der Waals surface area contributed by atoms with Crippen LogP contribution in [-0.4, -0.2) is 17.3 Å². The zero-order chi connectivity index (χ0) is 6.85. The van der Waals surface area contributed by atoms with Crippen molar-refractivity contribution < 1.29 is 9.94 Å². The van der Waals surface area contributed by atoms with E-state index in [9.17, 15) is 0 Å².